The molecule has 0 saturated carbocycles. The smallest absolute Gasteiger partial charge is 0.265 e. The van der Waals surface area contributed by atoms with E-state index in [0.29, 0.717) is 22.7 Å². The number of nitrogens with one attached hydrogen (secondary N) is 2. The third-order valence-corrected chi connectivity index (χ3v) is 5.33. The average molecular weight is 412 g/mol. The van der Waals surface area contributed by atoms with Crippen LogP contribution in [0.3, 0.4) is 0 Å². The van der Waals surface area contributed by atoms with E-state index in [0.717, 1.165) is 5.56 Å². The number of thiophene rings is 1. The van der Waals surface area contributed by atoms with Gasteiger partial charge in [0.15, 0.2) is 0 Å². The lowest BCUT2D eigenvalue weighted by molar-refractivity contribution is 0.0941. The Morgan fingerprint density at radius 1 is 1.03 bits per heavy atom. The van der Waals surface area contributed by atoms with Crippen LogP contribution in [0.1, 0.15) is 31.6 Å². The zero-order valence-corrected chi connectivity index (χ0v) is 17.0. The molecule has 29 heavy (non-hydrogen) atoms. The van der Waals surface area contributed by atoms with Gasteiger partial charge in [0.05, 0.1) is 10.9 Å². The van der Waals surface area contributed by atoms with E-state index in [1.165, 1.54) is 23.5 Å². The summed E-state index contributed by atoms with van der Waals surface area (Å²) in [5.74, 6) is -0.716. The first-order chi connectivity index (χ1) is 13.9. The van der Waals surface area contributed by atoms with E-state index in [4.69, 9.17) is 0 Å². The second-order valence-corrected chi connectivity index (χ2v) is 7.70. The van der Waals surface area contributed by atoms with Crippen molar-refractivity contribution in [2.24, 2.45) is 0 Å². The normalized spacial score (nSPS) is 11.9. The third kappa shape index (κ3) is 5.49. The van der Waals surface area contributed by atoms with Gasteiger partial charge in [0.1, 0.15) is 5.82 Å². The van der Waals surface area contributed by atoms with E-state index in [9.17, 15) is 14.0 Å². The Bertz CT molecular complexity index is 972. The molecule has 0 aliphatic rings. The monoisotopic (exact) mass is 411 g/mol. The molecule has 1 heterocycles. The SMILES string of the molecule is CN(C)C(CNC(=O)c1ccc(NC(=O)c2cccs2)cc1)c1cccc(F)c1. The fourth-order valence-electron chi connectivity index (χ4n) is 2.91. The van der Waals surface area contributed by atoms with E-state index >= 15 is 0 Å². The molecule has 0 fully saturated rings. The summed E-state index contributed by atoms with van der Waals surface area (Å²) >= 11 is 1.37. The van der Waals surface area contributed by atoms with Crippen LogP contribution < -0.4 is 10.6 Å². The fraction of sp³-hybridized carbons (Fsp3) is 0.182. The largest absolute Gasteiger partial charge is 0.350 e. The van der Waals surface area contributed by atoms with Crippen molar-refractivity contribution in [2.45, 2.75) is 6.04 Å². The summed E-state index contributed by atoms with van der Waals surface area (Å²) in [5, 5.41) is 7.53. The van der Waals surface area contributed by atoms with Gasteiger partial charge in [-0.3, -0.25) is 9.59 Å². The van der Waals surface area contributed by atoms with Crippen LogP contribution in [0.15, 0.2) is 66.0 Å². The van der Waals surface area contributed by atoms with Crippen molar-refractivity contribution in [3.05, 3.63) is 87.9 Å². The minimum absolute atomic E-state index is 0.154. The van der Waals surface area contributed by atoms with Crippen molar-refractivity contribution in [3.63, 3.8) is 0 Å². The van der Waals surface area contributed by atoms with Crippen molar-refractivity contribution >= 4 is 28.8 Å². The number of amides is 2. The molecule has 0 saturated heterocycles. The average Bonchev–Trinajstić information content (AvgIpc) is 3.23. The number of carbonyl (C=O) groups is 2. The van der Waals surface area contributed by atoms with Crippen LogP contribution in [0.5, 0.6) is 0 Å². The second kappa shape index (κ2) is 9.45. The molecule has 2 amide bonds. The number of anilines is 1. The molecule has 0 radical (unpaired) electrons. The lowest BCUT2D eigenvalue weighted by Crippen LogP contribution is -2.34. The van der Waals surface area contributed by atoms with Crippen molar-refractivity contribution in [2.75, 3.05) is 26.0 Å². The zero-order chi connectivity index (χ0) is 20.8. The Labute approximate surface area is 173 Å². The molecule has 1 atom stereocenters. The Balaban J connectivity index is 1.60. The number of benzene rings is 2. The standard InChI is InChI=1S/C22H22FN3O2S/c1-26(2)19(16-5-3-6-17(23)13-16)14-24-21(27)15-8-10-18(11-9-15)25-22(28)20-7-4-12-29-20/h3-13,19H,14H2,1-2H3,(H,24,27)(H,25,28). The molecular formula is C22H22FN3O2S. The third-order valence-electron chi connectivity index (χ3n) is 4.46. The van der Waals surface area contributed by atoms with Crippen molar-refractivity contribution in [1.29, 1.82) is 0 Å². The summed E-state index contributed by atoms with van der Waals surface area (Å²) < 4.78 is 13.5. The van der Waals surface area contributed by atoms with Gasteiger partial charge in [0.2, 0.25) is 0 Å². The highest BCUT2D eigenvalue weighted by atomic mass is 32.1. The van der Waals surface area contributed by atoms with Gasteiger partial charge in [0, 0.05) is 17.8 Å². The predicted octanol–water partition coefficient (Wildman–Crippen LogP) is 4.17. The number of rotatable bonds is 7. The quantitative estimate of drug-likeness (QED) is 0.613. The van der Waals surface area contributed by atoms with Crippen molar-refractivity contribution < 1.29 is 14.0 Å². The summed E-state index contributed by atoms with van der Waals surface area (Å²) in [7, 11) is 3.76. The molecule has 7 heteroatoms. The number of hydrogen-bond donors (Lipinski definition) is 2. The highest BCUT2D eigenvalue weighted by molar-refractivity contribution is 7.12. The highest BCUT2D eigenvalue weighted by Gasteiger charge is 2.16. The summed E-state index contributed by atoms with van der Waals surface area (Å²) in [6, 6.07) is 16.5. The van der Waals surface area contributed by atoms with Crippen LogP contribution >= 0.6 is 11.3 Å². The number of hydrogen-bond acceptors (Lipinski definition) is 4. The van der Waals surface area contributed by atoms with Crippen LogP contribution in [0.25, 0.3) is 0 Å². The fourth-order valence-corrected chi connectivity index (χ4v) is 3.53. The Kier molecular flexibility index (Phi) is 6.74. The zero-order valence-electron chi connectivity index (χ0n) is 16.2. The lowest BCUT2D eigenvalue weighted by atomic mass is 10.1. The first-order valence-corrected chi connectivity index (χ1v) is 9.97. The van der Waals surface area contributed by atoms with E-state index in [1.807, 2.05) is 36.5 Å². The van der Waals surface area contributed by atoms with Gasteiger partial charge in [-0.05, 0) is 67.5 Å². The number of nitrogens with zero attached hydrogens (tertiary/aromatic N) is 1. The molecule has 0 aliphatic heterocycles. The molecule has 3 rings (SSSR count). The topological polar surface area (TPSA) is 61.4 Å². The number of halogens is 1. The first-order valence-electron chi connectivity index (χ1n) is 9.09. The van der Waals surface area contributed by atoms with Gasteiger partial charge in [0.25, 0.3) is 11.8 Å². The molecule has 0 aliphatic carbocycles. The summed E-state index contributed by atoms with van der Waals surface area (Å²) in [6.45, 7) is 0.339. The minimum atomic E-state index is -0.305. The van der Waals surface area contributed by atoms with Gasteiger partial charge in [-0.2, -0.15) is 0 Å². The molecule has 1 unspecified atom stereocenters. The van der Waals surface area contributed by atoms with Gasteiger partial charge in [-0.1, -0.05) is 18.2 Å². The van der Waals surface area contributed by atoms with E-state index < -0.39 is 0 Å². The van der Waals surface area contributed by atoms with Crippen LogP contribution in [0, 0.1) is 5.82 Å². The van der Waals surface area contributed by atoms with Gasteiger partial charge in [-0.15, -0.1) is 11.3 Å². The molecule has 1 aromatic heterocycles. The molecule has 150 valence electrons. The van der Waals surface area contributed by atoms with E-state index in [1.54, 1.807) is 36.4 Å². The van der Waals surface area contributed by atoms with Crippen LogP contribution in [0.4, 0.5) is 10.1 Å². The molecule has 0 bridgehead atoms. The Hall–Kier alpha value is -3.03. The van der Waals surface area contributed by atoms with Gasteiger partial charge in [-0.25, -0.2) is 4.39 Å². The van der Waals surface area contributed by atoms with Crippen LogP contribution in [-0.2, 0) is 0 Å². The van der Waals surface area contributed by atoms with Gasteiger partial charge >= 0.3 is 0 Å². The summed E-state index contributed by atoms with van der Waals surface area (Å²) in [6.07, 6.45) is 0. The lowest BCUT2D eigenvalue weighted by Gasteiger charge is -2.25. The van der Waals surface area contributed by atoms with Gasteiger partial charge < -0.3 is 15.5 Å². The molecule has 5 nitrogen and oxygen atoms in total. The van der Waals surface area contributed by atoms with E-state index in [2.05, 4.69) is 10.6 Å². The Morgan fingerprint density at radius 3 is 2.41 bits per heavy atom. The molecule has 0 spiro atoms. The maximum Gasteiger partial charge on any atom is 0.265 e. The molecular weight excluding hydrogens is 389 g/mol. The minimum Gasteiger partial charge on any atom is -0.350 e. The Morgan fingerprint density at radius 2 is 1.79 bits per heavy atom. The molecule has 2 aromatic carbocycles. The number of likely N-dealkylation sites (N-methyl/N-ethyl adjacent to an activating group) is 1. The summed E-state index contributed by atoms with van der Waals surface area (Å²) in [4.78, 5) is 27.1. The molecule has 2 N–H and O–H groups in total. The summed E-state index contributed by atoms with van der Waals surface area (Å²) in [5.41, 5.74) is 1.89. The van der Waals surface area contributed by atoms with E-state index in [-0.39, 0.29) is 23.7 Å². The second-order valence-electron chi connectivity index (χ2n) is 6.75. The highest BCUT2D eigenvalue weighted by Crippen LogP contribution is 2.19. The van der Waals surface area contributed by atoms with Crippen molar-refractivity contribution in [1.82, 2.24) is 10.2 Å². The number of carbonyl (C=O) groups excluding carboxylic acids is 2. The molecule has 3 aromatic rings. The van der Waals surface area contributed by atoms with Crippen LogP contribution in [-0.4, -0.2) is 37.4 Å². The predicted molar refractivity (Wildman–Crippen MR) is 114 cm³/mol. The first kappa shape index (κ1) is 20.7. The van der Waals surface area contributed by atoms with Crippen LogP contribution in [0.2, 0.25) is 0 Å². The van der Waals surface area contributed by atoms with Crippen molar-refractivity contribution in [3.8, 4) is 0 Å². The maximum atomic E-state index is 13.5. The maximum absolute atomic E-state index is 13.5.